The van der Waals surface area contributed by atoms with Crippen LogP contribution in [-0.4, -0.2) is 13.7 Å². The molecule has 0 saturated heterocycles. The lowest BCUT2D eigenvalue weighted by Gasteiger charge is -2.22. The summed E-state index contributed by atoms with van der Waals surface area (Å²) in [6, 6.07) is 1.99. The van der Waals surface area contributed by atoms with Crippen LogP contribution in [0.25, 0.3) is 0 Å². The molecule has 0 bridgehead atoms. The van der Waals surface area contributed by atoms with Crippen LogP contribution in [0.2, 0.25) is 0 Å². The van der Waals surface area contributed by atoms with Gasteiger partial charge in [0.2, 0.25) is 0 Å². The second kappa shape index (κ2) is 6.27. The maximum atomic E-state index is 5.55. The monoisotopic (exact) mass is 276 g/mol. The van der Waals surface area contributed by atoms with E-state index < -0.39 is 0 Å². The second-order valence-corrected chi connectivity index (χ2v) is 4.27. The summed E-state index contributed by atoms with van der Waals surface area (Å²) in [7, 11) is 1.70. The van der Waals surface area contributed by atoms with Gasteiger partial charge in [-0.05, 0) is 34.3 Å². The first-order chi connectivity index (χ1) is 7.20. The van der Waals surface area contributed by atoms with Gasteiger partial charge in [0.1, 0.15) is 0 Å². The molecule has 0 saturated carbocycles. The number of hydrazine groups is 1. The molecule has 0 spiro atoms. The molecular formula is C10H17BrN2O2. The van der Waals surface area contributed by atoms with Crippen LogP contribution < -0.4 is 11.3 Å². The number of hydrogen-bond acceptors (Lipinski definition) is 4. The van der Waals surface area contributed by atoms with Gasteiger partial charge in [-0.25, -0.2) is 0 Å². The average molecular weight is 277 g/mol. The first-order valence-electron chi connectivity index (χ1n) is 4.88. The van der Waals surface area contributed by atoms with E-state index in [1.54, 1.807) is 13.4 Å². The van der Waals surface area contributed by atoms with E-state index in [1.165, 1.54) is 0 Å². The molecule has 0 aliphatic heterocycles. The molecule has 3 N–H and O–H groups in total. The molecule has 0 aromatic carbocycles. The molecule has 0 aliphatic carbocycles. The normalized spacial score (nSPS) is 15.2. The smallest absolute Gasteiger partial charge is 0.173 e. The van der Waals surface area contributed by atoms with E-state index in [0.29, 0.717) is 5.92 Å². The van der Waals surface area contributed by atoms with Crippen molar-refractivity contribution in [2.75, 3.05) is 13.7 Å². The fraction of sp³-hybridized carbons (Fsp3) is 0.600. The highest BCUT2D eigenvalue weighted by molar-refractivity contribution is 9.10. The number of nitrogens with one attached hydrogen (secondary N) is 1. The fourth-order valence-corrected chi connectivity index (χ4v) is 2.04. The molecule has 1 heterocycles. The van der Waals surface area contributed by atoms with Crippen molar-refractivity contribution >= 4 is 15.9 Å². The number of methoxy groups -OCH3 is 1. The van der Waals surface area contributed by atoms with Gasteiger partial charge in [-0.15, -0.1) is 0 Å². The number of ether oxygens (including phenoxy) is 1. The van der Waals surface area contributed by atoms with Crippen LogP contribution in [0.15, 0.2) is 21.4 Å². The molecule has 0 fully saturated rings. The van der Waals surface area contributed by atoms with Crippen molar-refractivity contribution in [3.8, 4) is 0 Å². The SMILES string of the molecule is COCCC(C)C(NN)c1ccoc1Br. The summed E-state index contributed by atoms with van der Waals surface area (Å²) in [5, 5.41) is 0. The lowest BCUT2D eigenvalue weighted by Crippen LogP contribution is -2.33. The van der Waals surface area contributed by atoms with Gasteiger partial charge in [0, 0.05) is 19.3 Å². The van der Waals surface area contributed by atoms with Crippen molar-refractivity contribution in [2.45, 2.75) is 19.4 Å². The first kappa shape index (κ1) is 12.7. The number of rotatable bonds is 6. The quantitative estimate of drug-likeness (QED) is 0.618. The molecule has 1 aromatic heterocycles. The largest absolute Gasteiger partial charge is 0.457 e. The van der Waals surface area contributed by atoms with Gasteiger partial charge >= 0.3 is 0 Å². The van der Waals surface area contributed by atoms with E-state index in [9.17, 15) is 0 Å². The fourth-order valence-electron chi connectivity index (χ4n) is 1.56. The Morgan fingerprint density at radius 2 is 2.40 bits per heavy atom. The minimum atomic E-state index is 0.0771. The van der Waals surface area contributed by atoms with E-state index in [4.69, 9.17) is 15.0 Å². The van der Waals surface area contributed by atoms with Crippen molar-refractivity contribution in [3.05, 3.63) is 22.6 Å². The zero-order valence-electron chi connectivity index (χ0n) is 9.00. The van der Waals surface area contributed by atoms with Crippen LogP contribution in [0.5, 0.6) is 0 Å². The molecule has 15 heavy (non-hydrogen) atoms. The predicted molar refractivity (Wildman–Crippen MR) is 62.1 cm³/mol. The van der Waals surface area contributed by atoms with Crippen LogP contribution in [0.1, 0.15) is 24.9 Å². The van der Waals surface area contributed by atoms with Gasteiger partial charge in [0.25, 0.3) is 0 Å². The summed E-state index contributed by atoms with van der Waals surface area (Å²) in [5.74, 6) is 5.93. The van der Waals surface area contributed by atoms with E-state index in [-0.39, 0.29) is 6.04 Å². The lowest BCUT2D eigenvalue weighted by atomic mass is 9.94. The Morgan fingerprint density at radius 1 is 1.67 bits per heavy atom. The number of halogens is 1. The van der Waals surface area contributed by atoms with Gasteiger partial charge in [-0.1, -0.05) is 6.92 Å². The third kappa shape index (κ3) is 3.31. The average Bonchev–Trinajstić information content (AvgIpc) is 2.63. The predicted octanol–water partition coefficient (Wildman–Crippen LogP) is 2.22. The molecule has 0 radical (unpaired) electrons. The molecule has 5 heteroatoms. The molecule has 2 atom stereocenters. The molecular weight excluding hydrogens is 260 g/mol. The molecule has 1 aromatic rings. The summed E-state index contributed by atoms with van der Waals surface area (Å²) >= 11 is 3.35. The van der Waals surface area contributed by atoms with Gasteiger partial charge in [0.05, 0.1) is 12.3 Å². The first-order valence-corrected chi connectivity index (χ1v) is 5.68. The molecule has 2 unspecified atom stereocenters. The highest BCUT2D eigenvalue weighted by Crippen LogP contribution is 2.30. The summed E-state index contributed by atoms with van der Waals surface area (Å²) in [4.78, 5) is 0. The van der Waals surface area contributed by atoms with E-state index in [2.05, 4.69) is 28.3 Å². The van der Waals surface area contributed by atoms with Crippen molar-refractivity contribution in [2.24, 2.45) is 11.8 Å². The number of furan rings is 1. The highest BCUT2D eigenvalue weighted by atomic mass is 79.9. The third-order valence-corrected chi connectivity index (χ3v) is 3.15. The van der Waals surface area contributed by atoms with Crippen LogP contribution >= 0.6 is 15.9 Å². The van der Waals surface area contributed by atoms with Gasteiger partial charge in [-0.2, -0.15) is 0 Å². The molecule has 0 aliphatic rings. The van der Waals surface area contributed by atoms with Crippen LogP contribution in [0.3, 0.4) is 0 Å². The molecule has 1 rings (SSSR count). The molecule has 86 valence electrons. The second-order valence-electron chi connectivity index (χ2n) is 3.55. The van der Waals surface area contributed by atoms with Gasteiger partial charge < -0.3 is 9.15 Å². The maximum absolute atomic E-state index is 5.55. The zero-order chi connectivity index (χ0) is 11.3. The topological polar surface area (TPSA) is 60.4 Å². The maximum Gasteiger partial charge on any atom is 0.173 e. The van der Waals surface area contributed by atoms with Crippen molar-refractivity contribution in [1.29, 1.82) is 0 Å². The Hall–Kier alpha value is -0.360. The third-order valence-electron chi connectivity index (χ3n) is 2.51. The van der Waals surface area contributed by atoms with E-state index >= 15 is 0 Å². The van der Waals surface area contributed by atoms with Gasteiger partial charge in [-0.3, -0.25) is 11.3 Å². The Morgan fingerprint density at radius 3 is 2.87 bits per heavy atom. The number of nitrogens with two attached hydrogens (primary N) is 1. The minimum Gasteiger partial charge on any atom is -0.457 e. The summed E-state index contributed by atoms with van der Waals surface area (Å²) in [6.07, 6.45) is 2.59. The Labute approximate surface area is 98.3 Å². The Kier molecular flexibility index (Phi) is 5.31. The minimum absolute atomic E-state index is 0.0771. The summed E-state index contributed by atoms with van der Waals surface area (Å²) in [6.45, 7) is 2.86. The van der Waals surface area contributed by atoms with E-state index in [1.807, 2.05) is 6.07 Å². The highest BCUT2D eigenvalue weighted by Gasteiger charge is 2.21. The standard InChI is InChI=1S/C10H17BrN2O2/c1-7(3-5-14-2)9(13-12)8-4-6-15-10(8)11/h4,6-7,9,13H,3,5,12H2,1-2H3. The molecule has 4 nitrogen and oxygen atoms in total. The molecule has 0 amide bonds. The zero-order valence-corrected chi connectivity index (χ0v) is 10.6. The van der Waals surface area contributed by atoms with Crippen molar-refractivity contribution < 1.29 is 9.15 Å². The lowest BCUT2D eigenvalue weighted by molar-refractivity contribution is 0.170. The Bertz CT molecular complexity index is 291. The Balaban J connectivity index is 2.67. The number of hydrogen-bond donors (Lipinski definition) is 2. The van der Waals surface area contributed by atoms with Crippen molar-refractivity contribution in [3.63, 3.8) is 0 Å². The summed E-state index contributed by atoms with van der Waals surface area (Å²) in [5.41, 5.74) is 3.85. The van der Waals surface area contributed by atoms with Crippen LogP contribution in [-0.2, 0) is 4.74 Å². The van der Waals surface area contributed by atoms with E-state index in [0.717, 1.165) is 23.3 Å². The van der Waals surface area contributed by atoms with Crippen molar-refractivity contribution in [1.82, 2.24) is 5.43 Å². The van der Waals surface area contributed by atoms with Crippen LogP contribution in [0, 0.1) is 5.92 Å². The summed E-state index contributed by atoms with van der Waals surface area (Å²) < 4.78 is 11.0. The van der Waals surface area contributed by atoms with Gasteiger partial charge in [0.15, 0.2) is 4.67 Å². The van der Waals surface area contributed by atoms with Crippen LogP contribution in [0.4, 0.5) is 0 Å².